The number of amides is 2. The highest BCUT2D eigenvalue weighted by Gasteiger charge is 2.37. The number of halogens is 3. The first-order valence-corrected chi connectivity index (χ1v) is 14.5. The van der Waals surface area contributed by atoms with Gasteiger partial charge in [0.1, 0.15) is 5.69 Å². The van der Waals surface area contributed by atoms with Crippen molar-refractivity contribution in [2.24, 2.45) is 0 Å². The number of hydrogen-bond donors (Lipinski definition) is 0. The number of thiazole rings is 1. The first kappa shape index (κ1) is 27.5. The molecular formula is C29H29F3N4O4S. The first-order valence-electron chi connectivity index (χ1n) is 13.6. The van der Waals surface area contributed by atoms with Gasteiger partial charge in [-0.3, -0.25) is 14.5 Å². The fourth-order valence-corrected chi connectivity index (χ4v) is 6.52. The van der Waals surface area contributed by atoms with Crippen molar-refractivity contribution >= 4 is 23.2 Å². The van der Waals surface area contributed by atoms with E-state index in [9.17, 15) is 22.8 Å². The number of alkyl halides is 3. The number of carbonyl (C=O) groups is 2. The average molecular weight is 587 g/mol. The highest BCUT2D eigenvalue weighted by molar-refractivity contribution is 7.09. The zero-order chi connectivity index (χ0) is 28.6. The molecule has 1 aromatic heterocycles. The SMILES string of the molecule is O=C(c1csc(C2CCN(C(=O)c3ccccc3C(F)(F)F)CC2)n1)N1CCN(Cc2ccc3c(c2)OCO3)CC1. The molecule has 2 amide bonds. The maximum Gasteiger partial charge on any atom is 0.417 e. The third kappa shape index (κ3) is 5.89. The number of benzene rings is 2. The zero-order valence-electron chi connectivity index (χ0n) is 22.2. The number of ether oxygens (including phenoxy) is 2. The predicted molar refractivity (Wildman–Crippen MR) is 145 cm³/mol. The lowest BCUT2D eigenvalue weighted by Crippen LogP contribution is -2.48. The van der Waals surface area contributed by atoms with Crippen molar-refractivity contribution < 1.29 is 32.2 Å². The molecular weight excluding hydrogens is 557 g/mol. The average Bonchev–Trinajstić information content (AvgIpc) is 3.67. The van der Waals surface area contributed by atoms with E-state index < -0.39 is 17.6 Å². The number of hydrogen-bond acceptors (Lipinski definition) is 7. The fraction of sp³-hybridized carbons (Fsp3) is 0.414. The summed E-state index contributed by atoms with van der Waals surface area (Å²) < 4.78 is 51.0. The van der Waals surface area contributed by atoms with Crippen LogP contribution < -0.4 is 9.47 Å². The number of carbonyl (C=O) groups excluding carboxylic acids is 2. The van der Waals surface area contributed by atoms with Gasteiger partial charge >= 0.3 is 6.18 Å². The molecule has 2 aromatic carbocycles. The van der Waals surface area contributed by atoms with Gasteiger partial charge < -0.3 is 19.3 Å². The topological polar surface area (TPSA) is 75.2 Å². The largest absolute Gasteiger partial charge is 0.454 e. The molecule has 0 saturated carbocycles. The molecule has 3 aromatic rings. The summed E-state index contributed by atoms with van der Waals surface area (Å²) in [6.07, 6.45) is -3.42. The van der Waals surface area contributed by atoms with Crippen LogP contribution in [-0.2, 0) is 12.7 Å². The lowest BCUT2D eigenvalue weighted by atomic mass is 9.96. The maximum absolute atomic E-state index is 13.4. The van der Waals surface area contributed by atoms with Crippen LogP contribution in [0, 0.1) is 0 Å². The van der Waals surface area contributed by atoms with Crippen molar-refractivity contribution in [3.63, 3.8) is 0 Å². The van der Waals surface area contributed by atoms with Gasteiger partial charge in [-0.25, -0.2) is 4.98 Å². The van der Waals surface area contributed by atoms with Crippen molar-refractivity contribution in [3.05, 3.63) is 75.2 Å². The zero-order valence-corrected chi connectivity index (χ0v) is 23.0. The van der Waals surface area contributed by atoms with Gasteiger partial charge in [-0.15, -0.1) is 11.3 Å². The summed E-state index contributed by atoms with van der Waals surface area (Å²) in [5.41, 5.74) is 0.322. The minimum absolute atomic E-state index is 0.0574. The number of fused-ring (bicyclic) bond motifs is 1. The Hall–Kier alpha value is -3.64. The molecule has 2 saturated heterocycles. The summed E-state index contributed by atoms with van der Waals surface area (Å²) in [5, 5.41) is 2.62. The highest BCUT2D eigenvalue weighted by atomic mass is 32.1. The molecule has 0 unspecified atom stereocenters. The molecule has 216 valence electrons. The van der Waals surface area contributed by atoms with E-state index in [-0.39, 0.29) is 24.2 Å². The molecule has 4 heterocycles. The van der Waals surface area contributed by atoms with Crippen LogP contribution in [0.1, 0.15) is 55.7 Å². The van der Waals surface area contributed by atoms with Crippen LogP contribution in [0.3, 0.4) is 0 Å². The Labute approximate surface area is 239 Å². The summed E-state index contributed by atoms with van der Waals surface area (Å²) in [7, 11) is 0. The Morgan fingerprint density at radius 2 is 1.61 bits per heavy atom. The van der Waals surface area contributed by atoms with Gasteiger partial charge in [0.25, 0.3) is 11.8 Å². The third-order valence-corrected chi connectivity index (χ3v) is 8.85. The molecule has 0 N–H and O–H groups in total. The molecule has 0 radical (unpaired) electrons. The minimum atomic E-state index is -4.59. The van der Waals surface area contributed by atoms with E-state index in [0.29, 0.717) is 44.7 Å². The lowest BCUT2D eigenvalue weighted by Gasteiger charge is -2.34. The standard InChI is InChI=1S/C29H29F3N4O4S/c30-29(31,32)22-4-2-1-3-21(22)27(37)35-9-7-20(8-10-35)26-33-23(17-41-26)28(38)36-13-11-34(12-14-36)16-19-5-6-24-25(15-19)40-18-39-24/h1-6,15,17,20H,7-14,16,18H2. The Balaban J connectivity index is 1.01. The predicted octanol–water partition coefficient (Wildman–Crippen LogP) is 4.87. The maximum atomic E-state index is 13.4. The number of rotatable bonds is 5. The van der Waals surface area contributed by atoms with Gasteiger partial charge in [0, 0.05) is 57.1 Å². The van der Waals surface area contributed by atoms with Crippen LogP contribution in [0.15, 0.2) is 47.8 Å². The van der Waals surface area contributed by atoms with Crippen molar-refractivity contribution in [2.75, 3.05) is 46.1 Å². The fourth-order valence-electron chi connectivity index (χ4n) is 5.56. The first-order chi connectivity index (χ1) is 19.8. The van der Waals surface area contributed by atoms with Crippen LogP contribution >= 0.6 is 11.3 Å². The van der Waals surface area contributed by atoms with E-state index in [2.05, 4.69) is 9.88 Å². The highest BCUT2D eigenvalue weighted by Crippen LogP contribution is 2.35. The van der Waals surface area contributed by atoms with Crippen LogP contribution in [0.2, 0.25) is 0 Å². The summed E-state index contributed by atoms with van der Waals surface area (Å²) in [4.78, 5) is 36.3. The number of piperidine rings is 1. The van der Waals surface area contributed by atoms with E-state index in [1.165, 1.54) is 34.4 Å². The number of aromatic nitrogens is 1. The van der Waals surface area contributed by atoms with Crippen LogP contribution in [0.4, 0.5) is 13.2 Å². The summed E-state index contributed by atoms with van der Waals surface area (Å²) >= 11 is 1.43. The van der Waals surface area contributed by atoms with Crippen molar-refractivity contribution in [1.29, 1.82) is 0 Å². The Morgan fingerprint density at radius 3 is 2.37 bits per heavy atom. The van der Waals surface area contributed by atoms with Gasteiger partial charge in [-0.2, -0.15) is 13.2 Å². The summed E-state index contributed by atoms with van der Waals surface area (Å²) in [5.74, 6) is 0.884. The number of piperazine rings is 1. The minimum Gasteiger partial charge on any atom is -0.454 e. The molecule has 2 fully saturated rings. The van der Waals surface area contributed by atoms with E-state index in [4.69, 9.17) is 9.47 Å². The third-order valence-electron chi connectivity index (χ3n) is 7.84. The van der Waals surface area contributed by atoms with E-state index in [0.717, 1.165) is 47.8 Å². The number of nitrogens with zero attached hydrogens (tertiary/aromatic N) is 4. The Kier molecular flexibility index (Phi) is 7.60. The smallest absolute Gasteiger partial charge is 0.417 e. The molecule has 0 aliphatic carbocycles. The molecule has 8 nitrogen and oxygen atoms in total. The van der Waals surface area contributed by atoms with E-state index in [1.54, 1.807) is 5.38 Å². The van der Waals surface area contributed by atoms with Crippen LogP contribution in [0.5, 0.6) is 11.5 Å². The molecule has 41 heavy (non-hydrogen) atoms. The second kappa shape index (κ2) is 11.3. The van der Waals surface area contributed by atoms with Gasteiger partial charge in [-0.1, -0.05) is 18.2 Å². The van der Waals surface area contributed by atoms with Crippen molar-refractivity contribution in [3.8, 4) is 11.5 Å². The molecule has 3 aliphatic heterocycles. The second-order valence-corrected chi connectivity index (χ2v) is 11.3. The lowest BCUT2D eigenvalue weighted by molar-refractivity contribution is -0.138. The van der Waals surface area contributed by atoms with Gasteiger partial charge in [0.15, 0.2) is 11.5 Å². The molecule has 0 spiro atoms. The summed E-state index contributed by atoms with van der Waals surface area (Å²) in [6.45, 7) is 4.40. The molecule has 0 bridgehead atoms. The van der Waals surface area contributed by atoms with Crippen LogP contribution in [-0.4, -0.2) is 77.6 Å². The molecule has 12 heteroatoms. The molecule has 6 rings (SSSR count). The van der Waals surface area contributed by atoms with Gasteiger partial charge in [0.2, 0.25) is 6.79 Å². The number of likely N-dealkylation sites (tertiary alicyclic amines) is 1. The Morgan fingerprint density at radius 1 is 0.902 bits per heavy atom. The second-order valence-electron chi connectivity index (χ2n) is 10.4. The normalized spacial score (nSPS) is 18.1. The van der Waals surface area contributed by atoms with Gasteiger partial charge in [0.05, 0.1) is 16.1 Å². The monoisotopic (exact) mass is 586 g/mol. The van der Waals surface area contributed by atoms with Crippen molar-refractivity contribution in [1.82, 2.24) is 19.7 Å². The van der Waals surface area contributed by atoms with Crippen LogP contribution in [0.25, 0.3) is 0 Å². The Bertz CT molecular complexity index is 1430. The van der Waals surface area contributed by atoms with E-state index in [1.807, 2.05) is 23.1 Å². The quantitative estimate of drug-likeness (QED) is 0.425. The van der Waals surface area contributed by atoms with E-state index >= 15 is 0 Å². The molecule has 3 aliphatic rings. The molecule has 0 atom stereocenters. The van der Waals surface area contributed by atoms with Gasteiger partial charge in [-0.05, 0) is 42.7 Å². The van der Waals surface area contributed by atoms with Crippen molar-refractivity contribution in [2.45, 2.75) is 31.5 Å². The summed E-state index contributed by atoms with van der Waals surface area (Å²) in [6, 6.07) is 10.9.